The van der Waals surface area contributed by atoms with E-state index in [1.807, 2.05) is 26.4 Å². The van der Waals surface area contributed by atoms with Crippen molar-refractivity contribution in [3.63, 3.8) is 0 Å². The number of hydrogen-bond donors (Lipinski definition) is 0. The minimum atomic E-state index is -0.177. The second-order valence-corrected chi connectivity index (χ2v) is 4.14. The Morgan fingerprint density at radius 3 is 2.08 bits per heavy atom. The van der Waals surface area contributed by atoms with Gasteiger partial charge in [-0.2, -0.15) is 0 Å². The van der Waals surface area contributed by atoms with Crippen LogP contribution >= 0.6 is 23.5 Å². The molecule has 0 aliphatic heterocycles. The van der Waals surface area contributed by atoms with Crippen LogP contribution in [0.1, 0.15) is 20.3 Å². The molecule has 0 amide bonds. The van der Waals surface area contributed by atoms with Gasteiger partial charge in [-0.15, -0.1) is 23.5 Å². The fraction of sp³-hybridized carbons (Fsp3) is 0.667. The van der Waals surface area contributed by atoms with E-state index >= 15 is 0 Å². The summed E-state index contributed by atoms with van der Waals surface area (Å²) in [4.78, 5) is 11.4. The Morgan fingerprint density at radius 1 is 1.23 bits per heavy atom. The molecule has 0 N–H and O–H groups in total. The number of hydrogen-bond acceptors (Lipinski definition) is 4. The Kier molecular flexibility index (Phi) is 7.28. The van der Waals surface area contributed by atoms with Crippen molar-refractivity contribution in [3.8, 4) is 0 Å². The Balaban J connectivity index is 4.63. The normalized spacial score (nSPS) is 9.54. The van der Waals surface area contributed by atoms with Crippen molar-refractivity contribution in [2.24, 2.45) is 0 Å². The van der Waals surface area contributed by atoms with Crippen molar-refractivity contribution < 1.29 is 9.53 Å². The molecule has 0 unspecified atom stereocenters. The maximum atomic E-state index is 11.4. The first-order valence-electron chi connectivity index (χ1n) is 4.19. The first kappa shape index (κ1) is 12.9. The third kappa shape index (κ3) is 4.09. The zero-order valence-corrected chi connectivity index (χ0v) is 10.2. The van der Waals surface area contributed by atoms with Gasteiger partial charge in [0.05, 0.1) is 12.2 Å². The third-order valence-electron chi connectivity index (χ3n) is 1.49. The smallest absolute Gasteiger partial charge is 0.335 e. The van der Waals surface area contributed by atoms with Crippen LogP contribution in [0, 0.1) is 0 Å². The van der Waals surface area contributed by atoms with Crippen LogP contribution in [-0.4, -0.2) is 25.1 Å². The van der Waals surface area contributed by atoms with Crippen LogP contribution in [0.5, 0.6) is 0 Å². The first-order chi connectivity index (χ1) is 6.21. The Hall–Kier alpha value is -0.0900. The Morgan fingerprint density at radius 2 is 1.77 bits per heavy atom. The largest absolute Gasteiger partial charge is 0.463 e. The lowest BCUT2D eigenvalue weighted by atomic mass is 10.2. The molecule has 0 aliphatic carbocycles. The summed E-state index contributed by atoms with van der Waals surface area (Å²) in [6, 6.07) is 0. The summed E-state index contributed by atoms with van der Waals surface area (Å²) in [6.45, 7) is 4.24. The van der Waals surface area contributed by atoms with Gasteiger partial charge in [0.25, 0.3) is 0 Å². The number of rotatable bonds is 5. The van der Waals surface area contributed by atoms with E-state index in [1.165, 1.54) is 0 Å². The molecule has 0 rings (SSSR count). The molecule has 0 fully saturated rings. The molecule has 0 aromatic carbocycles. The van der Waals surface area contributed by atoms with Crippen LogP contribution in [-0.2, 0) is 9.53 Å². The average Bonchev–Trinajstić information content (AvgIpc) is 2.14. The standard InChI is InChI=1S/C9H16O2S2/c1-5-7(8(10)11-6-2)9(12-3)13-4/h5-6H2,1-4H3. The lowest BCUT2D eigenvalue weighted by Gasteiger charge is -2.08. The second-order valence-electron chi connectivity index (χ2n) is 2.25. The molecule has 0 radical (unpaired) electrons. The van der Waals surface area contributed by atoms with E-state index in [4.69, 9.17) is 4.74 Å². The molecule has 0 saturated heterocycles. The quantitative estimate of drug-likeness (QED) is 0.526. The van der Waals surface area contributed by atoms with Crippen molar-refractivity contribution in [1.29, 1.82) is 0 Å². The number of ether oxygens (including phenoxy) is 1. The highest BCUT2D eigenvalue weighted by Gasteiger charge is 2.13. The predicted molar refractivity (Wildman–Crippen MR) is 61.0 cm³/mol. The number of thioether (sulfide) groups is 2. The van der Waals surface area contributed by atoms with Gasteiger partial charge in [0.2, 0.25) is 0 Å². The van der Waals surface area contributed by atoms with Crippen LogP contribution in [0.3, 0.4) is 0 Å². The van der Waals surface area contributed by atoms with Crippen LogP contribution < -0.4 is 0 Å². The van der Waals surface area contributed by atoms with Gasteiger partial charge in [0.15, 0.2) is 0 Å². The molecule has 0 saturated carbocycles. The van der Waals surface area contributed by atoms with Gasteiger partial charge >= 0.3 is 5.97 Å². The van der Waals surface area contributed by atoms with Crippen LogP contribution in [0.2, 0.25) is 0 Å². The van der Waals surface area contributed by atoms with E-state index in [9.17, 15) is 4.79 Å². The van der Waals surface area contributed by atoms with Gasteiger partial charge in [-0.25, -0.2) is 4.79 Å². The van der Waals surface area contributed by atoms with Crippen molar-refractivity contribution in [2.45, 2.75) is 20.3 Å². The molecular weight excluding hydrogens is 204 g/mol. The summed E-state index contributed by atoms with van der Waals surface area (Å²) in [5, 5.41) is 0. The minimum Gasteiger partial charge on any atom is -0.463 e. The highest BCUT2D eigenvalue weighted by Crippen LogP contribution is 2.29. The van der Waals surface area contributed by atoms with Gasteiger partial charge in [-0.05, 0) is 25.9 Å². The maximum Gasteiger partial charge on any atom is 0.335 e. The molecule has 76 valence electrons. The molecule has 0 bridgehead atoms. The number of carbonyl (C=O) groups excluding carboxylic acids is 1. The lowest BCUT2D eigenvalue weighted by molar-refractivity contribution is -0.138. The van der Waals surface area contributed by atoms with Crippen LogP contribution in [0.25, 0.3) is 0 Å². The van der Waals surface area contributed by atoms with Gasteiger partial charge in [0.1, 0.15) is 0 Å². The first-order valence-corrected chi connectivity index (χ1v) is 6.64. The minimum absolute atomic E-state index is 0.177. The topological polar surface area (TPSA) is 26.3 Å². The van der Waals surface area contributed by atoms with Crippen molar-refractivity contribution in [1.82, 2.24) is 0 Å². The third-order valence-corrected chi connectivity index (χ3v) is 3.73. The van der Waals surface area contributed by atoms with E-state index in [2.05, 4.69) is 0 Å². The molecule has 0 aliphatic rings. The maximum absolute atomic E-state index is 11.4. The van der Waals surface area contributed by atoms with Crippen molar-refractivity contribution in [3.05, 3.63) is 9.81 Å². The Labute approximate surface area is 88.5 Å². The highest BCUT2D eigenvalue weighted by atomic mass is 32.2. The highest BCUT2D eigenvalue weighted by molar-refractivity contribution is 8.21. The molecule has 0 aromatic rings. The molecule has 4 heteroatoms. The molecular formula is C9H16O2S2. The van der Waals surface area contributed by atoms with Gasteiger partial charge in [-0.1, -0.05) is 6.92 Å². The number of esters is 1. The van der Waals surface area contributed by atoms with Crippen molar-refractivity contribution in [2.75, 3.05) is 19.1 Å². The summed E-state index contributed by atoms with van der Waals surface area (Å²) >= 11 is 3.20. The zero-order chi connectivity index (χ0) is 10.3. The molecule has 13 heavy (non-hydrogen) atoms. The van der Waals surface area contributed by atoms with Gasteiger partial charge in [-0.3, -0.25) is 0 Å². The molecule has 0 aromatic heterocycles. The fourth-order valence-electron chi connectivity index (χ4n) is 0.920. The lowest BCUT2D eigenvalue weighted by Crippen LogP contribution is -2.08. The van der Waals surface area contributed by atoms with Gasteiger partial charge < -0.3 is 4.74 Å². The average molecular weight is 220 g/mol. The fourth-order valence-corrected chi connectivity index (χ4v) is 2.53. The SMILES string of the molecule is CCOC(=O)C(CC)=C(SC)SC. The zero-order valence-electron chi connectivity index (χ0n) is 8.55. The number of carbonyl (C=O) groups is 1. The summed E-state index contributed by atoms with van der Waals surface area (Å²) in [6.07, 6.45) is 4.68. The summed E-state index contributed by atoms with van der Waals surface area (Å²) < 4.78 is 6.01. The summed E-state index contributed by atoms with van der Waals surface area (Å²) in [5.74, 6) is -0.177. The molecule has 2 nitrogen and oxygen atoms in total. The summed E-state index contributed by atoms with van der Waals surface area (Å²) in [5.41, 5.74) is 0.793. The Bertz CT molecular complexity index is 194. The monoisotopic (exact) mass is 220 g/mol. The predicted octanol–water partition coefficient (Wildman–Crippen LogP) is 2.90. The summed E-state index contributed by atoms with van der Waals surface area (Å²) in [7, 11) is 0. The van der Waals surface area contributed by atoms with E-state index < -0.39 is 0 Å². The van der Waals surface area contributed by atoms with E-state index in [-0.39, 0.29) is 5.97 Å². The van der Waals surface area contributed by atoms with E-state index in [0.717, 1.165) is 16.2 Å². The van der Waals surface area contributed by atoms with Crippen LogP contribution in [0.4, 0.5) is 0 Å². The van der Waals surface area contributed by atoms with Crippen LogP contribution in [0.15, 0.2) is 9.81 Å². The van der Waals surface area contributed by atoms with Gasteiger partial charge in [0, 0.05) is 4.24 Å². The molecule has 0 atom stereocenters. The van der Waals surface area contributed by atoms with Crippen molar-refractivity contribution >= 4 is 29.5 Å². The van der Waals surface area contributed by atoms with E-state index in [1.54, 1.807) is 23.5 Å². The van der Waals surface area contributed by atoms with E-state index in [0.29, 0.717) is 6.61 Å². The molecule has 0 spiro atoms. The second kappa shape index (κ2) is 7.33. The molecule has 0 heterocycles.